The fraction of sp³-hybridized carbons (Fsp3) is 0.0556. The van der Waals surface area contributed by atoms with E-state index >= 15 is 0 Å². The lowest BCUT2D eigenvalue weighted by Crippen LogP contribution is -2.20. The number of nitrogens with zero attached hydrogens (tertiary/aromatic N) is 6. The molecule has 4 heterocycles. The molecular weight excluding hydrogens is 349 g/mol. The highest BCUT2D eigenvalue weighted by molar-refractivity contribution is 5.93. The van der Waals surface area contributed by atoms with E-state index < -0.39 is 0 Å². The Morgan fingerprint density at radius 2 is 1.89 bits per heavy atom. The van der Waals surface area contributed by atoms with Gasteiger partial charge in [0.15, 0.2) is 0 Å². The quantitative estimate of drug-likeness (QED) is 0.521. The number of H-pyrrole nitrogens is 1. The Bertz CT molecular complexity index is 1350. The molecule has 1 N–H and O–H groups in total. The van der Waals surface area contributed by atoms with Gasteiger partial charge in [0.2, 0.25) is 0 Å². The van der Waals surface area contributed by atoms with Gasteiger partial charge in [-0.05, 0) is 37.3 Å². The second kappa shape index (κ2) is 5.56. The predicted octanol–water partition coefficient (Wildman–Crippen LogP) is 2.27. The van der Waals surface area contributed by atoms with Gasteiger partial charge in [-0.15, -0.1) is 5.10 Å². The summed E-state index contributed by atoms with van der Waals surface area (Å²) in [7, 11) is 0. The highest BCUT2D eigenvalue weighted by Crippen LogP contribution is 2.26. The van der Waals surface area contributed by atoms with Crippen LogP contribution in [0.1, 0.15) is 5.82 Å². The molecule has 0 amide bonds. The summed E-state index contributed by atoms with van der Waals surface area (Å²) >= 11 is 0. The van der Waals surface area contributed by atoms with Crippen molar-refractivity contribution in [2.45, 2.75) is 6.92 Å². The topological polar surface area (TPSA) is 93.8 Å². The third kappa shape index (κ3) is 2.32. The Morgan fingerprint density at radius 3 is 2.63 bits per heavy atom. The van der Waals surface area contributed by atoms with E-state index in [1.165, 1.54) is 21.2 Å². The van der Waals surface area contributed by atoms with Gasteiger partial charge in [-0.25, -0.2) is 9.37 Å². The molecule has 5 rings (SSSR count). The molecule has 0 fully saturated rings. The molecule has 0 aliphatic rings. The van der Waals surface area contributed by atoms with Crippen LogP contribution in [0.15, 0.2) is 53.6 Å². The smallest absolute Gasteiger partial charge is 0.267 e. The maximum Gasteiger partial charge on any atom is 0.267 e. The zero-order valence-corrected chi connectivity index (χ0v) is 14.1. The zero-order chi connectivity index (χ0) is 18.5. The predicted molar refractivity (Wildman–Crippen MR) is 96.2 cm³/mol. The Labute approximate surface area is 150 Å². The van der Waals surface area contributed by atoms with E-state index in [0.29, 0.717) is 39.6 Å². The first-order valence-corrected chi connectivity index (χ1v) is 8.16. The molecule has 0 saturated carbocycles. The van der Waals surface area contributed by atoms with Crippen molar-refractivity contribution < 1.29 is 4.39 Å². The number of halogens is 1. The second-order valence-corrected chi connectivity index (χ2v) is 6.03. The molecule has 0 spiro atoms. The largest absolute Gasteiger partial charge is 0.268 e. The lowest BCUT2D eigenvalue weighted by atomic mass is 10.1. The molecule has 132 valence electrons. The van der Waals surface area contributed by atoms with Gasteiger partial charge in [-0.1, -0.05) is 0 Å². The maximum absolute atomic E-state index is 13.4. The van der Waals surface area contributed by atoms with Crippen LogP contribution in [0.2, 0.25) is 0 Å². The van der Waals surface area contributed by atoms with Crippen molar-refractivity contribution in [3.63, 3.8) is 0 Å². The summed E-state index contributed by atoms with van der Waals surface area (Å²) in [6.45, 7) is 1.75. The van der Waals surface area contributed by atoms with Gasteiger partial charge in [-0.2, -0.15) is 14.6 Å². The minimum Gasteiger partial charge on any atom is -0.268 e. The number of benzene rings is 1. The monoisotopic (exact) mass is 361 g/mol. The minimum absolute atomic E-state index is 0.293. The summed E-state index contributed by atoms with van der Waals surface area (Å²) in [5.41, 5.74) is 1.33. The zero-order valence-electron chi connectivity index (χ0n) is 14.1. The van der Waals surface area contributed by atoms with Crippen LogP contribution >= 0.6 is 0 Å². The first kappa shape index (κ1) is 15.4. The number of aromatic amines is 1. The van der Waals surface area contributed by atoms with Gasteiger partial charge < -0.3 is 0 Å². The van der Waals surface area contributed by atoms with Crippen LogP contribution in [0.4, 0.5) is 4.39 Å². The van der Waals surface area contributed by atoms with Gasteiger partial charge >= 0.3 is 0 Å². The van der Waals surface area contributed by atoms with Crippen LogP contribution in [0.25, 0.3) is 33.8 Å². The van der Waals surface area contributed by atoms with Gasteiger partial charge in [0, 0.05) is 17.8 Å². The highest BCUT2D eigenvalue weighted by Gasteiger charge is 2.18. The fourth-order valence-corrected chi connectivity index (χ4v) is 3.13. The molecule has 0 saturated heterocycles. The van der Waals surface area contributed by atoms with Gasteiger partial charge in [-0.3, -0.25) is 14.5 Å². The van der Waals surface area contributed by atoms with Crippen LogP contribution < -0.4 is 5.56 Å². The first-order valence-electron chi connectivity index (χ1n) is 8.16. The van der Waals surface area contributed by atoms with Crippen LogP contribution in [-0.2, 0) is 0 Å². The average molecular weight is 361 g/mol. The number of hydrogen-bond donors (Lipinski definition) is 1. The minimum atomic E-state index is -0.363. The van der Waals surface area contributed by atoms with E-state index in [0.717, 1.165) is 0 Å². The van der Waals surface area contributed by atoms with Crippen molar-refractivity contribution in [2.75, 3.05) is 0 Å². The van der Waals surface area contributed by atoms with Crippen molar-refractivity contribution in [3.8, 4) is 17.1 Å². The number of fused-ring (bicyclic) bond motifs is 2. The maximum atomic E-state index is 13.4. The van der Waals surface area contributed by atoms with Crippen LogP contribution in [-0.4, -0.2) is 34.3 Å². The van der Waals surface area contributed by atoms with E-state index in [-0.39, 0.29) is 11.4 Å². The van der Waals surface area contributed by atoms with Crippen LogP contribution in [0.3, 0.4) is 0 Å². The molecule has 27 heavy (non-hydrogen) atoms. The summed E-state index contributed by atoms with van der Waals surface area (Å²) in [4.78, 5) is 22.1. The third-order valence-electron chi connectivity index (χ3n) is 4.30. The van der Waals surface area contributed by atoms with Gasteiger partial charge in [0.1, 0.15) is 17.5 Å². The van der Waals surface area contributed by atoms with E-state index in [4.69, 9.17) is 0 Å². The Morgan fingerprint density at radius 1 is 1.07 bits per heavy atom. The number of nitrogens with one attached hydrogen (secondary N) is 1. The molecule has 1 aromatic carbocycles. The normalized spacial score (nSPS) is 11.5. The van der Waals surface area contributed by atoms with Crippen molar-refractivity contribution >= 4 is 16.7 Å². The molecule has 5 aromatic rings. The first-order chi connectivity index (χ1) is 13.1. The summed E-state index contributed by atoms with van der Waals surface area (Å²) < 4.78 is 16.4. The standard InChI is InChI=1S/C18H12FN7O/c1-10-21-18-22-13-7-9-25(14-6-8-20-23-14)17(27)15(13)16(26(18)24-10)11-2-4-12(19)5-3-11/h2-9H,1H3,(H,20,23). The fourth-order valence-electron chi connectivity index (χ4n) is 3.13. The summed E-state index contributed by atoms with van der Waals surface area (Å²) in [5.74, 6) is 1.06. The number of hydrogen-bond acceptors (Lipinski definition) is 5. The molecule has 0 radical (unpaired) electrons. The molecule has 8 nitrogen and oxygen atoms in total. The summed E-state index contributed by atoms with van der Waals surface area (Å²) in [5, 5.41) is 11.4. The van der Waals surface area contributed by atoms with Crippen molar-refractivity contribution in [3.05, 3.63) is 70.8 Å². The van der Waals surface area contributed by atoms with E-state index in [1.54, 1.807) is 43.6 Å². The molecule has 0 bridgehead atoms. The Kier molecular flexibility index (Phi) is 3.17. The molecular formula is C18H12FN7O. The molecule has 0 unspecified atom stereocenters. The van der Waals surface area contributed by atoms with E-state index in [2.05, 4.69) is 25.3 Å². The third-order valence-corrected chi connectivity index (χ3v) is 4.30. The van der Waals surface area contributed by atoms with Crippen LogP contribution in [0, 0.1) is 12.7 Å². The van der Waals surface area contributed by atoms with E-state index in [1.807, 2.05) is 0 Å². The highest BCUT2D eigenvalue weighted by atomic mass is 19.1. The van der Waals surface area contributed by atoms with Crippen molar-refractivity contribution in [2.24, 2.45) is 0 Å². The molecule has 4 aromatic heterocycles. The second-order valence-electron chi connectivity index (χ2n) is 6.03. The number of pyridine rings is 1. The lowest BCUT2D eigenvalue weighted by molar-refractivity contribution is 0.628. The van der Waals surface area contributed by atoms with Crippen molar-refractivity contribution in [1.29, 1.82) is 0 Å². The SMILES string of the molecule is Cc1nc2nc3ccn(-c4ccn[nH]4)c(=O)c3c(-c3ccc(F)cc3)n2n1. The Hall–Kier alpha value is -3.88. The lowest BCUT2D eigenvalue weighted by Gasteiger charge is -2.10. The molecule has 9 heteroatoms. The Balaban J connectivity index is 1.96. The van der Waals surface area contributed by atoms with Gasteiger partial charge in [0.25, 0.3) is 11.3 Å². The number of aryl methyl sites for hydroxylation is 1. The molecule has 0 aliphatic heterocycles. The van der Waals surface area contributed by atoms with Crippen molar-refractivity contribution in [1.82, 2.24) is 34.3 Å². The average Bonchev–Trinajstić information content (AvgIpc) is 3.30. The molecule has 0 atom stereocenters. The van der Waals surface area contributed by atoms with Crippen LogP contribution in [0.5, 0.6) is 0 Å². The number of rotatable bonds is 2. The van der Waals surface area contributed by atoms with Gasteiger partial charge in [0.05, 0.1) is 22.8 Å². The van der Waals surface area contributed by atoms with E-state index in [9.17, 15) is 9.18 Å². The summed E-state index contributed by atoms with van der Waals surface area (Å²) in [6.07, 6.45) is 3.19. The number of aromatic nitrogens is 7. The summed E-state index contributed by atoms with van der Waals surface area (Å²) in [6, 6.07) is 9.31. The molecule has 0 aliphatic carbocycles.